The van der Waals surface area contributed by atoms with Crippen LogP contribution in [0, 0.1) is 0 Å². The number of benzene rings is 3. The van der Waals surface area contributed by atoms with Crippen molar-refractivity contribution in [1.82, 2.24) is 19.7 Å². The molecule has 174 valence electrons. The molecule has 1 unspecified atom stereocenters. The number of H-pyrrole nitrogens is 1. The minimum absolute atomic E-state index is 0.0915. The van der Waals surface area contributed by atoms with Crippen molar-refractivity contribution in [1.29, 1.82) is 0 Å². The molecule has 35 heavy (non-hydrogen) atoms. The van der Waals surface area contributed by atoms with Crippen LogP contribution in [0.5, 0.6) is 0 Å². The lowest BCUT2D eigenvalue weighted by Gasteiger charge is -2.30. The second kappa shape index (κ2) is 8.23. The number of aromatic amines is 1. The molecule has 0 aliphatic carbocycles. The summed E-state index contributed by atoms with van der Waals surface area (Å²) in [6.07, 6.45) is 1.36. The second-order valence-electron chi connectivity index (χ2n) is 8.46. The Kier molecular flexibility index (Phi) is 5.14. The minimum atomic E-state index is -1.66. The third-order valence-corrected chi connectivity index (χ3v) is 6.91. The monoisotopic (exact) mass is 503 g/mol. The Balaban J connectivity index is 1.70. The molecule has 3 N–H and O–H groups in total. The molecule has 9 heteroatoms. The van der Waals surface area contributed by atoms with Gasteiger partial charge in [-0.05, 0) is 58.7 Å². The molecule has 0 spiro atoms. The largest absolute Gasteiger partial charge is 0.382 e. The van der Waals surface area contributed by atoms with Crippen LogP contribution >= 0.6 is 23.2 Å². The van der Waals surface area contributed by atoms with E-state index in [2.05, 4.69) is 20.5 Å². The first-order valence-electron chi connectivity index (χ1n) is 11.0. The number of hydrogen-bond acceptors (Lipinski definition) is 5. The molecular weight excluding hydrogens is 485 g/mol. The number of nitrogens with zero attached hydrogens (tertiary/aromatic N) is 3. The Labute approximate surface area is 210 Å². The van der Waals surface area contributed by atoms with Crippen molar-refractivity contribution in [3.63, 3.8) is 0 Å². The van der Waals surface area contributed by atoms with Crippen LogP contribution in [0.15, 0.2) is 77.9 Å². The van der Waals surface area contributed by atoms with Crippen molar-refractivity contribution in [3.05, 3.63) is 110 Å². The fourth-order valence-corrected chi connectivity index (χ4v) is 5.11. The summed E-state index contributed by atoms with van der Waals surface area (Å²) in [6.45, 7) is 1.13. The summed E-state index contributed by atoms with van der Waals surface area (Å²) in [4.78, 5) is 17.4. The standard InChI is InChI=1S/C26H19Cl2N5O2/c27-18-6-4-16(5-7-18)26(35,25-30-14-31-32-25)17-11-21-20(15-2-1-3-19(28)10-15)13-23(34)33-9-8-29-22(12-17)24(21)33/h1-7,10-14,29,35H,8-9H2,(H,30,31,32). The van der Waals surface area contributed by atoms with E-state index in [1.807, 2.05) is 30.3 Å². The van der Waals surface area contributed by atoms with Gasteiger partial charge < -0.3 is 15.0 Å². The second-order valence-corrected chi connectivity index (χ2v) is 9.33. The fourth-order valence-electron chi connectivity index (χ4n) is 4.79. The molecule has 5 aromatic rings. The highest BCUT2D eigenvalue weighted by Gasteiger charge is 2.38. The van der Waals surface area contributed by atoms with Crippen molar-refractivity contribution >= 4 is 39.8 Å². The normalized spacial score (nSPS) is 14.5. The molecule has 6 rings (SSSR count). The van der Waals surface area contributed by atoms with Gasteiger partial charge in [-0.15, -0.1) is 0 Å². The van der Waals surface area contributed by atoms with Gasteiger partial charge in [0, 0.05) is 34.6 Å². The van der Waals surface area contributed by atoms with E-state index in [-0.39, 0.29) is 11.4 Å². The molecule has 1 atom stereocenters. The Morgan fingerprint density at radius 2 is 1.80 bits per heavy atom. The van der Waals surface area contributed by atoms with Gasteiger partial charge >= 0.3 is 0 Å². The maximum absolute atomic E-state index is 13.1. The molecule has 0 saturated heterocycles. The highest BCUT2D eigenvalue weighted by molar-refractivity contribution is 6.31. The van der Waals surface area contributed by atoms with E-state index in [1.165, 1.54) is 6.33 Å². The summed E-state index contributed by atoms with van der Waals surface area (Å²) in [5, 5.41) is 24.4. The predicted octanol–water partition coefficient (Wildman–Crippen LogP) is 4.80. The number of hydrogen-bond donors (Lipinski definition) is 3. The molecule has 0 amide bonds. The number of anilines is 1. The summed E-state index contributed by atoms with van der Waals surface area (Å²) in [7, 11) is 0. The maximum atomic E-state index is 13.1. The molecule has 3 heterocycles. The zero-order chi connectivity index (χ0) is 24.2. The van der Waals surface area contributed by atoms with Crippen molar-refractivity contribution in [2.45, 2.75) is 12.1 Å². The summed E-state index contributed by atoms with van der Waals surface area (Å²) in [6, 6.07) is 19.7. The van der Waals surface area contributed by atoms with E-state index in [0.29, 0.717) is 34.3 Å². The SMILES string of the molecule is O=c1cc(-c2cccc(Cl)c2)c2cc(C(O)(c3ccc(Cl)cc3)c3ncn[nH]3)cc3c2n1CCN3. The van der Waals surface area contributed by atoms with Crippen LogP contribution in [0.3, 0.4) is 0 Å². The van der Waals surface area contributed by atoms with Crippen molar-refractivity contribution in [3.8, 4) is 11.1 Å². The minimum Gasteiger partial charge on any atom is -0.382 e. The summed E-state index contributed by atoms with van der Waals surface area (Å²) < 4.78 is 1.76. The Morgan fingerprint density at radius 1 is 0.971 bits per heavy atom. The summed E-state index contributed by atoms with van der Waals surface area (Å²) in [5.41, 5.74) is 2.44. The van der Waals surface area contributed by atoms with Gasteiger partial charge in [0.1, 0.15) is 6.33 Å². The highest BCUT2D eigenvalue weighted by atomic mass is 35.5. The van der Waals surface area contributed by atoms with Crippen LogP contribution in [-0.4, -0.2) is 31.4 Å². The van der Waals surface area contributed by atoms with Gasteiger partial charge in [-0.1, -0.05) is 47.5 Å². The molecule has 0 radical (unpaired) electrons. The summed E-state index contributed by atoms with van der Waals surface area (Å²) in [5.74, 6) is 0.264. The van der Waals surface area contributed by atoms with Crippen LogP contribution in [0.25, 0.3) is 22.0 Å². The van der Waals surface area contributed by atoms with Gasteiger partial charge in [0.05, 0.1) is 11.2 Å². The van der Waals surface area contributed by atoms with E-state index in [0.717, 1.165) is 27.7 Å². The van der Waals surface area contributed by atoms with E-state index in [1.54, 1.807) is 41.0 Å². The van der Waals surface area contributed by atoms with Gasteiger partial charge in [-0.3, -0.25) is 9.89 Å². The molecule has 7 nitrogen and oxygen atoms in total. The van der Waals surface area contributed by atoms with Gasteiger partial charge in [-0.2, -0.15) is 5.10 Å². The highest BCUT2D eigenvalue weighted by Crippen LogP contribution is 2.41. The van der Waals surface area contributed by atoms with Gasteiger partial charge in [-0.25, -0.2) is 4.98 Å². The lowest BCUT2D eigenvalue weighted by molar-refractivity contribution is 0.116. The quantitative estimate of drug-likeness (QED) is 0.327. The smallest absolute Gasteiger partial charge is 0.251 e. The Morgan fingerprint density at radius 3 is 2.54 bits per heavy atom. The van der Waals surface area contributed by atoms with E-state index in [9.17, 15) is 9.90 Å². The third kappa shape index (κ3) is 3.51. The summed E-state index contributed by atoms with van der Waals surface area (Å²) >= 11 is 12.4. The number of aromatic nitrogens is 4. The van der Waals surface area contributed by atoms with Crippen LogP contribution < -0.4 is 10.9 Å². The molecular formula is C26H19Cl2N5O2. The van der Waals surface area contributed by atoms with E-state index >= 15 is 0 Å². The molecule has 1 aliphatic heterocycles. The third-order valence-electron chi connectivity index (χ3n) is 6.43. The molecule has 0 fully saturated rings. The number of aliphatic hydroxyl groups is 1. The van der Waals surface area contributed by atoms with E-state index in [4.69, 9.17) is 23.2 Å². The predicted molar refractivity (Wildman–Crippen MR) is 137 cm³/mol. The molecule has 0 bridgehead atoms. The number of halogens is 2. The zero-order valence-corrected chi connectivity index (χ0v) is 19.8. The van der Waals surface area contributed by atoms with Gasteiger partial charge in [0.2, 0.25) is 0 Å². The van der Waals surface area contributed by atoms with Gasteiger partial charge in [0.15, 0.2) is 11.4 Å². The van der Waals surface area contributed by atoms with Crippen molar-refractivity contribution < 1.29 is 5.11 Å². The van der Waals surface area contributed by atoms with Crippen LogP contribution in [-0.2, 0) is 12.1 Å². The fraction of sp³-hybridized carbons (Fsp3) is 0.115. The Bertz CT molecular complexity index is 1630. The first-order valence-corrected chi connectivity index (χ1v) is 11.8. The zero-order valence-electron chi connectivity index (χ0n) is 18.3. The van der Waals surface area contributed by atoms with E-state index < -0.39 is 5.60 Å². The topological polar surface area (TPSA) is 95.8 Å². The van der Waals surface area contributed by atoms with Crippen molar-refractivity contribution in [2.24, 2.45) is 0 Å². The molecule has 1 aliphatic rings. The first-order chi connectivity index (χ1) is 16.9. The first kappa shape index (κ1) is 21.9. The van der Waals surface area contributed by atoms with Crippen LogP contribution in [0.4, 0.5) is 5.69 Å². The van der Waals surface area contributed by atoms with Crippen LogP contribution in [0.1, 0.15) is 17.0 Å². The maximum Gasteiger partial charge on any atom is 0.251 e. The Hall–Kier alpha value is -3.65. The number of rotatable bonds is 4. The average Bonchev–Trinajstić information content (AvgIpc) is 3.41. The average molecular weight is 504 g/mol. The lowest BCUT2D eigenvalue weighted by atomic mass is 9.83. The van der Waals surface area contributed by atoms with Crippen molar-refractivity contribution in [2.75, 3.05) is 11.9 Å². The number of pyridine rings is 1. The molecule has 0 saturated carbocycles. The van der Waals surface area contributed by atoms with Gasteiger partial charge in [0.25, 0.3) is 5.56 Å². The molecule has 2 aromatic heterocycles. The van der Waals surface area contributed by atoms with Crippen LogP contribution in [0.2, 0.25) is 10.0 Å². The number of nitrogens with one attached hydrogen (secondary N) is 2. The lowest BCUT2D eigenvalue weighted by Crippen LogP contribution is -2.32. The molecule has 3 aromatic carbocycles.